The Labute approximate surface area is 146 Å². The van der Waals surface area contributed by atoms with Gasteiger partial charge in [0.25, 0.3) is 0 Å². The van der Waals surface area contributed by atoms with Crippen molar-refractivity contribution in [3.63, 3.8) is 0 Å². The fourth-order valence-electron chi connectivity index (χ4n) is 3.29. The second kappa shape index (κ2) is 6.44. The Morgan fingerprint density at radius 3 is 2.44 bits per heavy atom. The fraction of sp³-hybridized carbons (Fsp3) is 0.136. The first kappa shape index (κ1) is 15.5. The van der Waals surface area contributed by atoms with Gasteiger partial charge in [-0.3, -0.25) is 4.79 Å². The highest BCUT2D eigenvalue weighted by Gasteiger charge is 2.19. The van der Waals surface area contributed by atoms with E-state index in [0.717, 1.165) is 39.6 Å². The number of carbonyl (C=O) groups is 1. The monoisotopic (exact) mass is 329 g/mol. The molecule has 3 aromatic carbocycles. The Morgan fingerprint density at radius 1 is 0.920 bits per heavy atom. The predicted octanol–water partition coefficient (Wildman–Crippen LogP) is 5.72. The van der Waals surface area contributed by atoms with Crippen molar-refractivity contribution in [1.29, 1.82) is 0 Å². The van der Waals surface area contributed by atoms with Gasteiger partial charge in [0, 0.05) is 22.5 Å². The van der Waals surface area contributed by atoms with Gasteiger partial charge in [-0.05, 0) is 30.2 Å². The minimum atomic E-state index is -0.160. The Bertz CT molecular complexity index is 1030. The number of anilines is 1. The molecule has 0 aliphatic heterocycles. The van der Waals surface area contributed by atoms with Gasteiger partial charge in [-0.25, -0.2) is 0 Å². The van der Waals surface area contributed by atoms with E-state index in [4.69, 9.17) is 4.42 Å². The second-order valence-corrected chi connectivity index (χ2v) is 6.17. The molecule has 4 aromatic rings. The summed E-state index contributed by atoms with van der Waals surface area (Å²) in [7, 11) is 0. The van der Waals surface area contributed by atoms with Crippen LogP contribution in [0.2, 0.25) is 0 Å². The molecule has 0 aliphatic carbocycles. The van der Waals surface area contributed by atoms with Gasteiger partial charge in [0.05, 0.1) is 5.92 Å². The van der Waals surface area contributed by atoms with Crippen LogP contribution in [0.25, 0.3) is 21.9 Å². The van der Waals surface area contributed by atoms with Crippen molar-refractivity contribution in [2.45, 2.75) is 19.3 Å². The van der Waals surface area contributed by atoms with Crippen molar-refractivity contribution in [3.8, 4) is 0 Å². The zero-order valence-corrected chi connectivity index (χ0v) is 14.0. The summed E-state index contributed by atoms with van der Waals surface area (Å²) in [4.78, 5) is 12.7. The molecule has 1 heterocycles. The number of benzene rings is 3. The molecule has 1 N–H and O–H groups in total. The molecule has 0 aliphatic rings. The van der Waals surface area contributed by atoms with E-state index in [1.807, 2.05) is 79.7 Å². The SMILES string of the molecule is CCC(C(=O)Nc1ccc2c(c1)oc1ccccc12)c1ccccc1. The Hall–Kier alpha value is -3.07. The lowest BCUT2D eigenvalue weighted by molar-refractivity contribution is -0.117. The summed E-state index contributed by atoms with van der Waals surface area (Å²) in [6, 6.07) is 23.7. The van der Waals surface area contributed by atoms with Crippen molar-refractivity contribution < 1.29 is 9.21 Å². The largest absolute Gasteiger partial charge is 0.456 e. The maximum absolute atomic E-state index is 12.7. The van der Waals surface area contributed by atoms with E-state index >= 15 is 0 Å². The second-order valence-electron chi connectivity index (χ2n) is 6.17. The normalized spacial score (nSPS) is 12.4. The van der Waals surface area contributed by atoms with Gasteiger partial charge in [0.1, 0.15) is 11.2 Å². The van der Waals surface area contributed by atoms with Crippen molar-refractivity contribution in [2.75, 3.05) is 5.32 Å². The number of carbonyl (C=O) groups excluding carboxylic acids is 1. The molecule has 1 unspecified atom stereocenters. The van der Waals surface area contributed by atoms with E-state index in [1.165, 1.54) is 0 Å². The molecule has 3 nitrogen and oxygen atoms in total. The van der Waals surface area contributed by atoms with Gasteiger partial charge in [0.2, 0.25) is 5.91 Å². The Morgan fingerprint density at radius 2 is 1.64 bits per heavy atom. The van der Waals surface area contributed by atoms with Crippen molar-refractivity contribution in [1.82, 2.24) is 0 Å². The van der Waals surface area contributed by atoms with Crippen LogP contribution in [0, 0.1) is 0 Å². The molecule has 1 atom stereocenters. The van der Waals surface area contributed by atoms with Crippen LogP contribution in [0.4, 0.5) is 5.69 Å². The fourth-order valence-corrected chi connectivity index (χ4v) is 3.29. The molecular weight excluding hydrogens is 310 g/mol. The van der Waals surface area contributed by atoms with Gasteiger partial charge < -0.3 is 9.73 Å². The zero-order valence-electron chi connectivity index (χ0n) is 14.0. The van der Waals surface area contributed by atoms with Gasteiger partial charge in [-0.2, -0.15) is 0 Å². The molecule has 0 bridgehead atoms. The minimum Gasteiger partial charge on any atom is -0.456 e. The van der Waals surface area contributed by atoms with Crippen LogP contribution in [0.5, 0.6) is 0 Å². The highest BCUT2D eigenvalue weighted by atomic mass is 16.3. The lowest BCUT2D eigenvalue weighted by Crippen LogP contribution is -2.20. The van der Waals surface area contributed by atoms with Gasteiger partial charge >= 0.3 is 0 Å². The van der Waals surface area contributed by atoms with E-state index in [1.54, 1.807) is 0 Å². The molecule has 4 rings (SSSR count). The van der Waals surface area contributed by atoms with E-state index in [-0.39, 0.29) is 11.8 Å². The topological polar surface area (TPSA) is 42.2 Å². The number of nitrogens with one attached hydrogen (secondary N) is 1. The van der Waals surface area contributed by atoms with E-state index in [9.17, 15) is 4.79 Å². The summed E-state index contributed by atoms with van der Waals surface area (Å²) in [6.07, 6.45) is 0.753. The molecule has 3 heteroatoms. The molecule has 25 heavy (non-hydrogen) atoms. The number of furan rings is 1. The number of amides is 1. The first-order chi connectivity index (χ1) is 12.3. The van der Waals surface area contributed by atoms with Crippen LogP contribution < -0.4 is 5.32 Å². The third-order valence-corrected chi connectivity index (χ3v) is 4.57. The first-order valence-corrected chi connectivity index (χ1v) is 8.53. The molecule has 0 fully saturated rings. The lowest BCUT2D eigenvalue weighted by Gasteiger charge is -2.15. The standard InChI is InChI=1S/C22H19NO2/c1-2-17(15-8-4-3-5-9-15)22(24)23-16-12-13-19-18-10-6-7-11-20(18)25-21(19)14-16/h3-14,17H,2H2,1H3,(H,23,24). The highest BCUT2D eigenvalue weighted by Crippen LogP contribution is 2.31. The van der Waals surface area contributed by atoms with Crippen LogP contribution in [0.3, 0.4) is 0 Å². The maximum Gasteiger partial charge on any atom is 0.231 e. The van der Waals surface area contributed by atoms with Gasteiger partial charge in [-0.1, -0.05) is 55.5 Å². The summed E-state index contributed by atoms with van der Waals surface area (Å²) in [5.41, 5.74) is 3.43. The molecule has 0 radical (unpaired) electrons. The average molecular weight is 329 g/mol. The highest BCUT2D eigenvalue weighted by molar-refractivity contribution is 6.06. The zero-order chi connectivity index (χ0) is 17.2. The molecule has 0 saturated heterocycles. The Balaban J connectivity index is 1.63. The summed E-state index contributed by atoms with van der Waals surface area (Å²) < 4.78 is 5.89. The third kappa shape index (κ3) is 2.89. The molecule has 0 saturated carbocycles. The average Bonchev–Trinajstić information content (AvgIpc) is 3.01. The molecule has 1 aromatic heterocycles. The molecule has 0 spiro atoms. The lowest BCUT2D eigenvalue weighted by atomic mass is 9.95. The smallest absolute Gasteiger partial charge is 0.231 e. The molecule has 1 amide bonds. The van der Waals surface area contributed by atoms with Crippen LogP contribution >= 0.6 is 0 Å². The summed E-state index contributed by atoms with van der Waals surface area (Å²) in [6.45, 7) is 2.03. The van der Waals surface area contributed by atoms with E-state index in [2.05, 4.69) is 5.32 Å². The third-order valence-electron chi connectivity index (χ3n) is 4.57. The number of hydrogen-bond donors (Lipinski definition) is 1. The van der Waals surface area contributed by atoms with Crippen molar-refractivity contribution in [3.05, 3.63) is 78.4 Å². The number of fused-ring (bicyclic) bond motifs is 3. The first-order valence-electron chi connectivity index (χ1n) is 8.53. The summed E-state index contributed by atoms with van der Waals surface area (Å²) >= 11 is 0. The van der Waals surface area contributed by atoms with E-state index < -0.39 is 0 Å². The van der Waals surface area contributed by atoms with Gasteiger partial charge in [0.15, 0.2) is 0 Å². The number of rotatable bonds is 4. The van der Waals surface area contributed by atoms with Crippen LogP contribution in [-0.4, -0.2) is 5.91 Å². The van der Waals surface area contributed by atoms with Crippen molar-refractivity contribution in [2.24, 2.45) is 0 Å². The quantitative estimate of drug-likeness (QED) is 0.520. The van der Waals surface area contributed by atoms with Crippen molar-refractivity contribution >= 4 is 33.5 Å². The molecular formula is C22H19NO2. The Kier molecular flexibility index (Phi) is 3.98. The maximum atomic E-state index is 12.7. The molecule has 124 valence electrons. The number of hydrogen-bond acceptors (Lipinski definition) is 2. The van der Waals surface area contributed by atoms with Crippen LogP contribution in [0.1, 0.15) is 24.8 Å². The minimum absolute atomic E-state index is 0.00385. The number of para-hydroxylation sites is 1. The van der Waals surface area contributed by atoms with Crippen LogP contribution in [-0.2, 0) is 4.79 Å². The summed E-state index contributed by atoms with van der Waals surface area (Å²) in [5, 5.41) is 5.18. The summed E-state index contributed by atoms with van der Waals surface area (Å²) in [5.74, 6) is -0.156. The van der Waals surface area contributed by atoms with Crippen LogP contribution in [0.15, 0.2) is 77.2 Å². The predicted molar refractivity (Wildman–Crippen MR) is 102 cm³/mol. The van der Waals surface area contributed by atoms with E-state index in [0.29, 0.717) is 0 Å². The van der Waals surface area contributed by atoms with Gasteiger partial charge in [-0.15, -0.1) is 0 Å².